The number of hydrogen-bond acceptors (Lipinski definition) is 6. The molecule has 1 amide bonds. The van der Waals surface area contributed by atoms with Crippen molar-refractivity contribution in [2.75, 3.05) is 14.2 Å². The Hall–Kier alpha value is -3.78. The van der Waals surface area contributed by atoms with Crippen molar-refractivity contribution >= 4 is 51.3 Å². The molecule has 3 aromatic carbocycles. The van der Waals surface area contributed by atoms with E-state index in [1.54, 1.807) is 31.3 Å². The molecule has 1 aliphatic rings. The molecule has 1 N–H and O–H groups in total. The molecule has 4 rings (SSSR count). The Balaban J connectivity index is 1.59. The molecule has 0 unspecified atom stereocenters. The number of nitrogens with zero attached hydrogens (tertiary/aromatic N) is 2. The summed E-state index contributed by atoms with van der Waals surface area (Å²) in [6.45, 7) is 1.44. The molecule has 1 fully saturated rings. The number of aliphatic imine (C=N–C) groups is 1. The van der Waals surface area contributed by atoms with E-state index in [0.717, 1.165) is 22.0 Å². The molecule has 0 saturated carbocycles. The first kappa shape index (κ1) is 22.4. The monoisotopic (exact) mass is 462 g/mol. The minimum atomic E-state index is -1.07. The molecule has 3 aromatic rings. The topological polar surface area (TPSA) is 88.4 Å². The molecule has 1 atom stereocenters. The van der Waals surface area contributed by atoms with E-state index in [2.05, 4.69) is 4.99 Å². The predicted molar refractivity (Wildman–Crippen MR) is 130 cm³/mol. The average Bonchev–Trinajstić information content (AvgIpc) is 3.07. The fourth-order valence-corrected chi connectivity index (χ4v) is 4.26. The molecule has 1 heterocycles. The zero-order valence-electron chi connectivity index (χ0n) is 18.3. The Morgan fingerprint density at radius 3 is 2.58 bits per heavy atom. The molecule has 1 aliphatic heterocycles. The van der Waals surface area contributed by atoms with Crippen molar-refractivity contribution in [1.29, 1.82) is 0 Å². The van der Waals surface area contributed by atoms with Crippen LogP contribution in [-0.2, 0) is 9.59 Å². The number of thioether (sulfide) groups is 1. The van der Waals surface area contributed by atoms with Crippen LogP contribution in [0.15, 0.2) is 70.6 Å². The third-order valence-corrected chi connectivity index (χ3v) is 6.16. The van der Waals surface area contributed by atoms with Gasteiger partial charge in [0.25, 0.3) is 5.91 Å². The largest absolute Gasteiger partial charge is 0.493 e. The number of carboxylic acid groups (broad SMARTS) is 1. The summed E-state index contributed by atoms with van der Waals surface area (Å²) in [5.41, 5.74) is 1.49. The lowest BCUT2D eigenvalue weighted by Gasteiger charge is -2.14. The van der Waals surface area contributed by atoms with E-state index in [0.29, 0.717) is 21.6 Å². The quantitative estimate of drug-likeness (QED) is 0.523. The van der Waals surface area contributed by atoms with Gasteiger partial charge in [-0.15, -0.1) is 0 Å². The second-order valence-electron chi connectivity index (χ2n) is 7.41. The number of benzene rings is 3. The highest BCUT2D eigenvalue weighted by Gasteiger charge is 2.30. The molecule has 1 saturated heterocycles. The fourth-order valence-electron chi connectivity index (χ4n) is 3.27. The Labute approximate surface area is 195 Å². The van der Waals surface area contributed by atoms with Gasteiger partial charge >= 0.3 is 5.97 Å². The molecule has 0 spiro atoms. The van der Waals surface area contributed by atoms with Crippen LogP contribution in [0.4, 0.5) is 5.69 Å². The number of ether oxygens (including phenoxy) is 2. The van der Waals surface area contributed by atoms with Gasteiger partial charge in [-0.3, -0.25) is 9.69 Å². The van der Waals surface area contributed by atoms with Gasteiger partial charge in [0.15, 0.2) is 22.8 Å². The predicted octanol–water partition coefficient (Wildman–Crippen LogP) is 4.93. The van der Waals surface area contributed by atoms with Crippen LogP contribution in [0.2, 0.25) is 0 Å². The number of likely N-dealkylation sites (N-methyl/N-ethyl adjacent to an activating group) is 1. The lowest BCUT2D eigenvalue weighted by molar-refractivity contribution is -0.144. The summed E-state index contributed by atoms with van der Waals surface area (Å²) in [6.07, 6.45) is 0.733. The molecule has 7 nitrogen and oxygen atoms in total. The molecular formula is C25H22N2O5S. The standard InChI is InChI=1S/C25H22N2O5S/c1-15(24(29)30)32-20-11-8-16(12-21(20)31-3)13-22-23(28)27(2)25(33-22)26-19-10-9-17-6-4-5-7-18(17)14-19/h4-15H,1-3H3,(H,29,30)/b22-13-,26-25?/t15-/m1/s1. The van der Waals surface area contributed by atoms with Crippen LogP contribution in [0.25, 0.3) is 16.8 Å². The maximum atomic E-state index is 12.8. The van der Waals surface area contributed by atoms with Crippen LogP contribution in [-0.4, -0.2) is 47.3 Å². The first-order chi connectivity index (χ1) is 15.9. The fraction of sp³-hybridized carbons (Fsp3) is 0.160. The summed E-state index contributed by atoms with van der Waals surface area (Å²) >= 11 is 1.29. The van der Waals surface area contributed by atoms with Gasteiger partial charge < -0.3 is 14.6 Å². The van der Waals surface area contributed by atoms with Crippen LogP contribution in [0.5, 0.6) is 11.5 Å². The number of methoxy groups -OCH3 is 1. The van der Waals surface area contributed by atoms with E-state index in [-0.39, 0.29) is 5.91 Å². The van der Waals surface area contributed by atoms with Gasteiger partial charge in [-0.2, -0.15) is 0 Å². The van der Waals surface area contributed by atoms with Crippen molar-refractivity contribution in [3.63, 3.8) is 0 Å². The Bertz CT molecular complexity index is 1300. The van der Waals surface area contributed by atoms with E-state index in [4.69, 9.17) is 14.6 Å². The van der Waals surface area contributed by atoms with Crippen LogP contribution in [0.1, 0.15) is 12.5 Å². The Morgan fingerprint density at radius 2 is 1.85 bits per heavy atom. The lowest BCUT2D eigenvalue weighted by Crippen LogP contribution is -2.23. The second kappa shape index (κ2) is 9.38. The minimum absolute atomic E-state index is 0.154. The van der Waals surface area contributed by atoms with E-state index < -0.39 is 12.1 Å². The molecule has 0 radical (unpaired) electrons. The number of amides is 1. The SMILES string of the molecule is COc1cc(/C=C2\SC(=Nc3ccc4ccccc4c3)N(C)C2=O)ccc1O[C@H](C)C(=O)O. The molecular weight excluding hydrogens is 440 g/mol. The second-order valence-corrected chi connectivity index (χ2v) is 8.42. The number of hydrogen-bond donors (Lipinski definition) is 1. The number of carboxylic acids is 1. The van der Waals surface area contributed by atoms with E-state index in [1.807, 2.05) is 42.5 Å². The van der Waals surface area contributed by atoms with Crippen molar-refractivity contribution in [3.8, 4) is 11.5 Å². The van der Waals surface area contributed by atoms with Crippen molar-refractivity contribution < 1.29 is 24.2 Å². The molecule has 8 heteroatoms. The number of aliphatic carboxylic acids is 1. The highest BCUT2D eigenvalue weighted by atomic mass is 32.2. The maximum absolute atomic E-state index is 12.8. The normalized spacial score (nSPS) is 17.1. The summed E-state index contributed by atoms with van der Waals surface area (Å²) in [5.74, 6) is -0.530. The van der Waals surface area contributed by atoms with E-state index in [1.165, 1.54) is 30.7 Å². The van der Waals surface area contributed by atoms with Crippen LogP contribution >= 0.6 is 11.8 Å². The molecule has 33 heavy (non-hydrogen) atoms. The number of carbonyl (C=O) groups excluding carboxylic acids is 1. The summed E-state index contributed by atoms with van der Waals surface area (Å²) in [4.78, 5) is 30.6. The van der Waals surface area contributed by atoms with E-state index in [9.17, 15) is 9.59 Å². The number of amidine groups is 1. The lowest BCUT2D eigenvalue weighted by atomic mass is 10.1. The average molecular weight is 463 g/mol. The summed E-state index contributed by atoms with van der Waals surface area (Å²) in [6, 6.07) is 19.0. The van der Waals surface area contributed by atoms with E-state index >= 15 is 0 Å². The Morgan fingerprint density at radius 1 is 1.09 bits per heavy atom. The van der Waals surface area contributed by atoms with Gasteiger partial charge in [-0.25, -0.2) is 9.79 Å². The van der Waals surface area contributed by atoms with Crippen molar-refractivity contribution in [2.24, 2.45) is 4.99 Å². The molecule has 168 valence electrons. The highest BCUT2D eigenvalue weighted by Crippen LogP contribution is 2.35. The first-order valence-electron chi connectivity index (χ1n) is 10.2. The molecule has 0 bridgehead atoms. The Kier molecular flexibility index (Phi) is 6.37. The van der Waals surface area contributed by atoms with Crippen molar-refractivity contribution in [2.45, 2.75) is 13.0 Å². The molecule has 0 aliphatic carbocycles. The zero-order chi connectivity index (χ0) is 23.5. The first-order valence-corrected chi connectivity index (χ1v) is 11.0. The van der Waals surface area contributed by atoms with Gasteiger partial charge in [0.05, 0.1) is 17.7 Å². The minimum Gasteiger partial charge on any atom is -0.493 e. The highest BCUT2D eigenvalue weighted by molar-refractivity contribution is 8.18. The molecule has 0 aromatic heterocycles. The van der Waals surface area contributed by atoms with Crippen LogP contribution in [0.3, 0.4) is 0 Å². The maximum Gasteiger partial charge on any atom is 0.344 e. The van der Waals surface area contributed by atoms with Crippen LogP contribution in [0, 0.1) is 0 Å². The number of rotatable bonds is 6. The summed E-state index contributed by atoms with van der Waals surface area (Å²) < 4.78 is 10.8. The van der Waals surface area contributed by atoms with Gasteiger partial charge in [0.2, 0.25) is 0 Å². The number of carbonyl (C=O) groups is 2. The smallest absolute Gasteiger partial charge is 0.344 e. The van der Waals surface area contributed by atoms with Crippen molar-refractivity contribution in [3.05, 3.63) is 71.1 Å². The van der Waals surface area contributed by atoms with Gasteiger partial charge in [-0.05, 0) is 65.4 Å². The number of fused-ring (bicyclic) bond motifs is 1. The van der Waals surface area contributed by atoms with Crippen molar-refractivity contribution in [1.82, 2.24) is 4.90 Å². The summed E-state index contributed by atoms with van der Waals surface area (Å²) in [7, 11) is 3.17. The third-order valence-electron chi connectivity index (χ3n) is 5.10. The van der Waals surface area contributed by atoms with Gasteiger partial charge in [0.1, 0.15) is 0 Å². The van der Waals surface area contributed by atoms with Gasteiger partial charge in [0, 0.05) is 7.05 Å². The van der Waals surface area contributed by atoms with Gasteiger partial charge in [-0.1, -0.05) is 36.4 Å². The third kappa shape index (κ3) is 4.85. The summed E-state index contributed by atoms with van der Waals surface area (Å²) in [5, 5.41) is 11.9. The zero-order valence-corrected chi connectivity index (χ0v) is 19.1. The van der Waals surface area contributed by atoms with Crippen LogP contribution < -0.4 is 9.47 Å².